The second-order valence-corrected chi connectivity index (χ2v) is 7.73. The third-order valence-electron chi connectivity index (χ3n) is 4.29. The second-order valence-electron chi connectivity index (χ2n) is 6.02. The van der Waals surface area contributed by atoms with Crippen LogP contribution in [-0.4, -0.2) is 25.7 Å². The van der Waals surface area contributed by atoms with Gasteiger partial charge in [-0.25, -0.2) is 13.1 Å². The van der Waals surface area contributed by atoms with Gasteiger partial charge in [-0.1, -0.05) is 42.5 Å². The zero-order valence-electron chi connectivity index (χ0n) is 12.9. The fourth-order valence-corrected chi connectivity index (χ4v) is 4.24. The highest BCUT2D eigenvalue weighted by Gasteiger charge is 2.24. The molecule has 0 aromatic heterocycles. The van der Waals surface area contributed by atoms with Crippen LogP contribution in [0.5, 0.6) is 0 Å². The van der Waals surface area contributed by atoms with Gasteiger partial charge < -0.3 is 5.11 Å². The third kappa shape index (κ3) is 3.99. The van der Waals surface area contributed by atoms with Crippen molar-refractivity contribution < 1.29 is 13.5 Å². The Hall–Kier alpha value is -1.69. The first-order valence-corrected chi connectivity index (χ1v) is 9.39. The first kappa shape index (κ1) is 16.2. The van der Waals surface area contributed by atoms with Crippen molar-refractivity contribution in [3.63, 3.8) is 0 Å². The van der Waals surface area contributed by atoms with E-state index in [1.165, 1.54) is 0 Å². The molecular weight excluding hydrogens is 310 g/mol. The topological polar surface area (TPSA) is 66.4 Å². The van der Waals surface area contributed by atoms with E-state index in [1.807, 2.05) is 42.5 Å². The van der Waals surface area contributed by atoms with E-state index in [-0.39, 0.29) is 17.0 Å². The van der Waals surface area contributed by atoms with Gasteiger partial charge in [0.15, 0.2) is 0 Å². The quantitative estimate of drug-likeness (QED) is 0.905. The Morgan fingerprint density at radius 1 is 0.826 bits per heavy atom. The van der Waals surface area contributed by atoms with Crippen LogP contribution in [0.25, 0.3) is 11.1 Å². The average molecular weight is 331 g/mol. The number of sulfonamides is 1. The maximum absolute atomic E-state index is 12.5. The number of rotatable bonds is 4. The van der Waals surface area contributed by atoms with Crippen LogP contribution < -0.4 is 4.72 Å². The number of hydrogen-bond acceptors (Lipinski definition) is 3. The van der Waals surface area contributed by atoms with Gasteiger partial charge in [-0.05, 0) is 48.9 Å². The maximum atomic E-state index is 12.5. The van der Waals surface area contributed by atoms with Crippen molar-refractivity contribution in [1.82, 2.24) is 4.72 Å². The van der Waals surface area contributed by atoms with E-state index in [0.29, 0.717) is 25.7 Å². The van der Waals surface area contributed by atoms with Crippen molar-refractivity contribution in [2.45, 2.75) is 42.7 Å². The maximum Gasteiger partial charge on any atom is 0.240 e. The lowest BCUT2D eigenvalue weighted by molar-refractivity contribution is 0.120. The summed E-state index contributed by atoms with van der Waals surface area (Å²) in [5, 5.41) is 9.50. The highest BCUT2D eigenvalue weighted by Crippen LogP contribution is 2.23. The Morgan fingerprint density at radius 2 is 1.39 bits per heavy atom. The first-order chi connectivity index (χ1) is 11.0. The van der Waals surface area contributed by atoms with Gasteiger partial charge in [0.2, 0.25) is 10.0 Å². The van der Waals surface area contributed by atoms with Gasteiger partial charge in [0.25, 0.3) is 0 Å². The normalized spacial score (nSPS) is 22.0. The Kier molecular flexibility index (Phi) is 4.80. The van der Waals surface area contributed by atoms with Gasteiger partial charge in [-0.2, -0.15) is 0 Å². The molecule has 3 rings (SSSR count). The van der Waals surface area contributed by atoms with Crippen LogP contribution in [0.1, 0.15) is 25.7 Å². The molecule has 0 unspecified atom stereocenters. The van der Waals surface area contributed by atoms with E-state index >= 15 is 0 Å². The second kappa shape index (κ2) is 6.83. The van der Waals surface area contributed by atoms with Crippen LogP contribution >= 0.6 is 0 Å². The zero-order chi connectivity index (χ0) is 16.3. The summed E-state index contributed by atoms with van der Waals surface area (Å²) in [6, 6.07) is 16.7. The molecule has 2 aromatic rings. The number of hydrogen-bond donors (Lipinski definition) is 2. The average Bonchev–Trinajstić information content (AvgIpc) is 2.58. The van der Waals surface area contributed by atoms with Crippen LogP contribution in [0.3, 0.4) is 0 Å². The van der Waals surface area contributed by atoms with E-state index in [4.69, 9.17) is 0 Å². The minimum absolute atomic E-state index is 0.0859. The minimum Gasteiger partial charge on any atom is -0.393 e. The molecule has 1 fully saturated rings. The molecule has 122 valence electrons. The molecule has 4 nitrogen and oxygen atoms in total. The van der Waals surface area contributed by atoms with Crippen molar-refractivity contribution in [3.8, 4) is 11.1 Å². The standard InChI is InChI=1S/C18H21NO3S/c20-17-10-8-16(9-11-17)19-23(21,22)18-12-6-15(7-13-18)14-4-2-1-3-5-14/h1-7,12-13,16-17,19-20H,8-11H2. The van der Waals surface area contributed by atoms with Crippen LogP contribution in [-0.2, 0) is 10.0 Å². The first-order valence-electron chi connectivity index (χ1n) is 7.90. The monoisotopic (exact) mass is 331 g/mol. The van der Waals surface area contributed by atoms with Gasteiger partial charge >= 0.3 is 0 Å². The molecule has 0 spiro atoms. The summed E-state index contributed by atoms with van der Waals surface area (Å²) in [6.07, 6.45) is 2.38. The SMILES string of the molecule is O=S(=O)(NC1CCC(O)CC1)c1ccc(-c2ccccc2)cc1. The molecule has 0 radical (unpaired) electrons. The van der Waals surface area contributed by atoms with Gasteiger partial charge in [-0.15, -0.1) is 0 Å². The van der Waals surface area contributed by atoms with Crippen molar-refractivity contribution in [3.05, 3.63) is 54.6 Å². The fourth-order valence-electron chi connectivity index (χ4n) is 2.94. The van der Waals surface area contributed by atoms with Gasteiger partial charge in [0.05, 0.1) is 11.0 Å². The number of aliphatic hydroxyl groups excluding tert-OH is 1. The molecule has 0 amide bonds. The zero-order valence-corrected chi connectivity index (χ0v) is 13.7. The molecule has 0 bridgehead atoms. The van der Waals surface area contributed by atoms with E-state index in [9.17, 15) is 13.5 Å². The third-order valence-corrected chi connectivity index (χ3v) is 5.83. The molecule has 1 saturated carbocycles. The Morgan fingerprint density at radius 3 is 2.00 bits per heavy atom. The van der Waals surface area contributed by atoms with Gasteiger partial charge in [0.1, 0.15) is 0 Å². The summed E-state index contributed by atoms with van der Waals surface area (Å²) >= 11 is 0. The smallest absolute Gasteiger partial charge is 0.240 e. The number of benzene rings is 2. The predicted molar refractivity (Wildman–Crippen MR) is 90.5 cm³/mol. The molecule has 1 aliphatic carbocycles. The van der Waals surface area contributed by atoms with Crippen molar-refractivity contribution in [1.29, 1.82) is 0 Å². The van der Waals surface area contributed by atoms with E-state index in [2.05, 4.69) is 4.72 Å². The van der Waals surface area contributed by atoms with Crippen molar-refractivity contribution in [2.75, 3.05) is 0 Å². The Bertz CT molecular complexity index is 734. The summed E-state index contributed by atoms with van der Waals surface area (Å²) in [7, 11) is -3.51. The molecule has 0 aliphatic heterocycles. The molecule has 2 N–H and O–H groups in total. The van der Waals surface area contributed by atoms with Crippen molar-refractivity contribution in [2.24, 2.45) is 0 Å². The van der Waals surface area contributed by atoms with E-state index < -0.39 is 10.0 Å². The van der Waals surface area contributed by atoms with Crippen LogP contribution in [0, 0.1) is 0 Å². The summed E-state index contributed by atoms with van der Waals surface area (Å²) in [4.78, 5) is 0.281. The number of nitrogens with one attached hydrogen (secondary N) is 1. The molecule has 5 heteroatoms. The van der Waals surface area contributed by atoms with Gasteiger partial charge in [-0.3, -0.25) is 0 Å². The molecule has 23 heavy (non-hydrogen) atoms. The summed E-state index contributed by atoms with van der Waals surface area (Å²) < 4.78 is 27.7. The molecule has 1 aliphatic rings. The van der Waals surface area contributed by atoms with Crippen LogP contribution in [0.15, 0.2) is 59.5 Å². The Labute approximate surface area is 137 Å². The lowest BCUT2D eigenvalue weighted by Crippen LogP contribution is -2.38. The highest BCUT2D eigenvalue weighted by molar-refractivity contribution is 7.89. The van der Waals surface area contributed by atoms with Crippen LogP contribution in [0.4, 0.5) is 0 Å². The predicted octanol–water partition coefficient (Wildman–Crippen LogP) is 2.94. The van der Waals surface area contributed by atoms with Gasteiger partial charge in [0, 0.05) is 6.04 Å². The fraction of sp³-hybridized carbons (Fsp3) is 0.333. The van der Waals surface area contributed by atoms with Crippen LogP contribution in [0.2, 0.25) is 0 Å². The summed E-state index contributed by atoms with van der Waals surface area (Å²) in [5.41, 5.74) is 2.05. The Balaban J connectivity index is 1.73. The molecule has 2 aromatic carbocycles. The number of aliphatic hydroxyl groups is 1. The highest BCUT2D eigenvalue weighted by atomic mass is 32.2. The lowest BCUT2D eigenvalue weighted by Gasteiger charge is -2.26. The van der Waals surface area contributed by atoms with E-state index in [0.717, 1.165) is 11.1 Å². The summed E-state index contributed by atoms with van der Waals surface area (Å²) in [5.74, 6) is 0. The summed E-state index contributed by atoms with van der Waals surface area (Å²) in [6.45, 7) is 0. The molecule has 0 atom stereocenters. The largest absolute Gasteiger partial charge is 0.393 e. The lowest BCUT2D eigenvalue weighted by atomic mass is 9.94. The van der Waals surface area contributed by atoms with Crippen molar-refractivity contribution >= 4 is 10.0 Å². The molecule has 0 heterocycles. The molecule has 0 saturated heterocycles. The van der Waals surface area contributed by atoms with E-state index in [1.54, 1.807) is 12.1 Å². The molecular formula is C18H21NO3S. The minimum atomic E-state index is -3.51.